The number of fused-ring (bicyclic) bond motifs is 1. The number of hydrogen-bond donors (Lipinski definition) is 0. The van der Waals surface area contributed by atoms with Gasteiger partial charge in [-0.25, -0.2) is 4.42 Å². The number of halogens is 4. The molecule has 1 amide bonds. The van der Waals surface area contributed by atoms with Crippen LogP contribution in [0.5, 0.6) is 0 Å². The predicted octanol–water partition coefficient (Wildman–Crippen LogP) is 3.47. The Morgan fingerprint density at radius 3 is 2.50 bits per heavy atom. The van der Waals surface area contributed by atoms with Crippen LogP contribution >= 0.6 is 46.6 Å². The SMILES string of the molecule is O=C1N(Cl)c2cccc(Cl)c2C1(Cl)Cl. The predicted molar refractivity (Wildman–Crippen MR) is 58.2 cm³/mol. The number of nitrogens with zero attached hydrogens (tertiary/aromatic N) is 1. The van der Waals surface area contributed by atoms with Crippen LogP contribution in [-0.4, -0.2) is 5.91 Å². The minimum absolute atomic E-state index is 0.323. The number of anilines is 1. The van der Waals surface area contributed by atoms with Gasteiger partial charge in [0.05, 0.1) is 5.69 Å². The van der Waals surface area contributed by atoms with Crippen LogP contribution in [-0.2, 0) is 9.13 Å². The molecule has 0 aliphatic carbocycles. The summed E-state index contributed by atoms with van der Waals surface area (Å²) in [5, 5.41) is 0.323. The maximum Gasteiger partial charge on any atom is 0.282 e. The van der Waals surface area contributed by atoms with Crippen molar-refractivity contribution in [1.82, 2.24) is 0 Å². The van der Waals surface area contributed by atoms with Crippen molar-refractivity contribution in [2.45, 2.75) is 4.33 Å². The Balaban J connectivity index is 2.75. The van der Waals surface area contributed by atoms with E-state index in [2.05, 4.69) is 0 Å². The molecule has 1 heterocycles. The van der Waals surface area contributed by atoms with E-state index in [0.29, 0.717) is 16.3 Å². The van der Waals surface area contributed by atoms with Gasteiger partial charge in [-0.2, -0.15) is 0 Å². The molecule has 0 bridgehead atoms. The van der Waals surface area contributed by atoms with Crippen molar-refractivity contribution in [3.63, 3.8) is 0 Å². The molecule has 14 heavy (non-hydrogen) atoms. The molecule has 0 radical (unpaired) electrons. The first-order valence-electron chi connectivity index (χ1n) is 3.63. The van der Waals surface area contributed by atoms with Crippen molar-refractivity contribution >= 4 is 58.2 Å². The molecule has 1 aliphatic rings. The quantitative estimate of drug-likeness (QED) is 0.522. The van der Waals surface area contributed by atoms with Crippen molar-refractivity contribution in [2.75, 3.05) is 4.42 Å². The third-order valence-corrected chi connectivity index (χ3v) is 3.32. The standard InChI is InChI=1S/C8H3Cl4NO/c9-4-2-1-3-5-6(4)8(10,11)7(14)13(5)12/h1-3H. The summed E-state index contributed by atoms with van der Waals surface area (Å²) in [4.78, 5) is 11.5. The highest BCUT2D eigenvalue weighted by molar-refractivity contribution is 6.64. The molecule has 0 fully saturated rings. The minimum atomic E-state index is -1.69. The lowest BCUT2D eigenvalue weighted by atomic mass is 10.1. The summed E-state index contributed by atoms with van der Waals surface area (Å²) in [7, 11) is 0. The average molecular weight is 271 g/mol. The van der Waals surface area contributed by atoms with Crippen molar-refractivity contribution in [1.29, 1.82) is 0 Å². The molecule has 2 rings (SSSR count). The second kappa shape index (κ2) is 3.17. The Bertz CT molecular complexity index is 418. The summed E-state index contributed by atoms with van der Waals surface area (Å²) >= 11 is 23.3. The average Bonchev–Trinajstić information content (AvgIpc) is 2.29. The first-order valence-corrected chi connectivity index (χ1v) is 5.10. The van der Waals surface area contributed by atoms with Crippen LogP contribution in [0.25, 0.3) is 0 Å². The van der Waals surface area contributed by atoms with Crippen LogP contribution < -0.4 is 4.42 Å². The fourth-order valence-corrected chi connectivity index (χ4v) is 2.66. The molecule has 1 aromatic carbocycles. The zero-order valence-electron chi connectivity index (χ0n) is 6.60. The zero-order valence-corrected chi connectivity index (χ0v) is 9.62. The lowest BCUT2D eigenvalue weighted by molar-refractivity contribution is -0.117. The third kappa shape index (κ3) is 1.22. The maximum atomic E-state index is 11.5. The van der Waals surface area contributed by atoms with Gasteiger partial charge in [-0.05, 0) is 12.1 Å². The number of carbonyl (C=O) groups excluding carboxylic acids is 1. The van der Waals surface area contributed by atoms with Crippen molar-refractivity contribution in [3.8, 4) is 0 Å². The van der Waals surface area contributed by atoms with Crippen LogP contribution in [0.4, 0.5) is 5.69 Å². The van der Waals surface area contributed by atoms with Gasteiger partial charge in [0, 0.05) is 22.4 Å². The molecule has 0 aromatic heterocycles. The summed E-state index contributed by atoms with van der Waals surface area (Å²) in [6, 6.07) is 4.89. The Hall–Kier alpha value is -0.150. The van der Waals surface area contributed by atoms with E-state index in [9.17, 15) is 4.79 Å². The second-order valence-corrected chi connectivity index (χ2v) is 4.87. The molecule has 0 saturated heterocycles. The smallest absolute Gasteiger partial charge is 0.269 e. The summed E-state index contributed by atoms with van der Waals surface area (Å²) < 4.78 is -0.809. The molecule has 0 atom stereocenters. The van der Waals surface area contributed by atoms with Gasteiger partial charge >= 0.3 is 0 Å². The summed E-state index contributed by atoms with van der Waals surface area (Å²) in [5.41, 5.74) is 0.763. The number of alkyl halides is 2. The lowest BCUT2D eigenvalue weighted by Gasteiger charge is -2.10. The van der Waals surface area contributed by atoms with E-state index in [1.54, 1.807) is 18.2 Å². The van der Waals surface area contributed by atoms with E-state index in [4.69, 9.17) is 46.6 Å². The molecule has 74 valence electrons. The van der Waals surface area contributed by atoms with Gasteiger partial charge in [0.2, 0.25) is 4.33 Å². The highest BCUT2D eigenvalue weighted by Crippen LogP contribution is 2.51. The van der Waals surface area contributed by atoms with Gasteiger partial charge in [-0.1, -0.05) is 40.9 Å². The first kappa shape index (κ1) is 10.4. The highest BCUT2D eigenvalue weighted by Gasteiger charge is 2.49. The molecule has 0 spiro atoms. The van der Waals surface area contributed by atoms with Crippen LogP contribution in [0.1, 0.15) is 5.56 Å². The van der Waals surface area contributed by atoms with E-state index in [-0.39, 0.29) is 0 Å². The molecular weight excluding hydrogens is 268 g/mol. The largest absolute Gasteiger partial charge is 0.282 e. The second-order valence-electron chi connectivity index (χ2n) is 2.79. The Morgan fingerprint density at radius 1 is 1.29 bits per heavy atom. The van der Waals surface area contributed by atoms with E-state index in [0.717, 1.165) is 4.42 Å². The molecule has 0 saturated carbocycles. The zero-order chi connectivity index (χ0) is 10.5. The molecule has 0 unspecified atom stereocenters. The fraction of sp³-hybridized carbons (Fsp3) is 0.125. The molecule has 6 heteroatoms. The van der Waals surface area contributed by atoms with E-state index in [1.807, 2.05) is 0 Å². The van der Waals surface area contributed by atoms with E-state index < -0.39 is 10.2 Å². The molecular formula is C8H3Cl4NO. The number of rotatable bonds is 0. The third-order valence-electron chi connectivity index (χ3n) is 1.96. The Labute approximate surface area is 100 Å². The van der Waals surface area contributed by atoms with Crippen molar-refractivity contribution in [2.24, 2.45) is 0 Å². The van der Waals surface area contributed by atoms with Gasteiger partial charge in [-0.3, -0.25) is 4.79 Å². The van der Waals surface area contributed by atoms with Crippen LogP contribution in [0, 0.1) is 0 Å². The van der Waals surface area contributed by atoms with Crippen molar-refractivity contribution in [3.05, 3.63) is 28.8 Å². The monoisotopic (exact) mass is 269 g/mol. The molecule has 1 aliphatic heterocycles. The first-order chi connectivity index (χ1) is 6.46. The number of amides is 1. The minimum Gasteiger partial charge on any atom is -0.269 e. The summed E-state index contributed by atoms with van der Waals surface area (Å²) in [6.45, 7) is 0. The molecule has 0 N–H and O–H groups in total. The maximum absolute atomic E-state index is 11.5. The van der Waals surface area contributed by atoms with E-state index in [1.165, 1.54) is 0 Å². The number of hydrogen-bond acceptors (Lipinski definition) is 1. The van der Waals surface area contributed by atoms with Gasteiger partial charge in [-0.15, -0.1) is 0 Å². The normalized spacial score (nSPS) is 18.6. The van der Waals surface area contributed by atoms with Crippen molar-refractivity contribution < 1.29 is 4.79 Å². The van der Waals surface area contributed by atoms with Crippen LogP contribution in [0.3, 0.4) is 0 Å². The van der Waals surface area contributed by atoms with Gasteiger partial charge < -0.3 is 0 Å². The number of carbonyl (C=O) groups is 1. The van der Waals surface area contributed by atoms with Gasteiger partial charge in [0.25, 0.3) is 5.91 Å². The Morgan fingerprint density at radius 2 is 1.93 bits per heavy atom. The van der Waals surface area contributed by atoms with Gasteiger partial charge in [0.15, 0.2) is 0 Å². The lowest BCUT2D eigenvalue weighted by Crippen LogP contribution is -2.26. The fourth-order valence-electron chi connectivity index (χ4n) is 1.33. The van der Waals surface area contributed by atoms with E-state index >= 15 is 0 Å². The van der Waals surface area contributed by atoms with Crippen LogP contribution in [0.15, 0.2) is 18.2 Å². The highest BCUT2D eigenvalue weighted by atomic mass is 35.5. The summed E-state index contributed by atoms with van der Waals surface area (Å²) in [5.74, 6) is -0.606. The molecule has 2 nitrogen and oxygen atoms in total. The topological polar surface area (TPSA) is 20.3 Å². The number of benzene rings is 1. The van der Waals surface area contributed by atoms with Crippen LogP contribution in [0.2, 0.25) is 5.02 Å². The Kier molecular flexibility index (Phi) is 2.35. The molecule has 1 aromatic rings. The summed E-state index contributed by atoms with van der Waals surface area (Å²) in [6.07, 6.45) is 0. The van der Waals surface area contributed by atoms with Gasteiger partial charge in [0.1, 0.15) is 0 Å².